The minimum absolute atomic E-state index is 0.0149. The lowest BCUT2D eigenvalue weighted by molar-refractivity contribution is -0.131. The number of amides is 1. The van der Waals surface area contributed by atoms with Crippen LogP contribution in [-0.2, 0) is 11.2 Å². The number of fused-ring (bicyclic) bond motifs is 1. The van der Waals surface area contributed by atoms with Gasteiger partial charge in [0.1, 0.15) is 5.88 Å². The molecule has 1 amide bonds. The highest BCUT2D eigenvalue weighted by atomic mass is 35.5. The van der Waals surface area contributed by atoms with Gasteiger partial charge in [0.15, 0.2) is 11.5 Å². The van der Waals surface area contributed by atoms with Crippen LogP contribution >= 0.6 is 11.6 Å². The monoisotopic (exact) mass is 297 g/mol. The van der Waals surface area contributed by atoms with Crippen molar-refractivity contribution >= 4 is 17.5 Å². The summed E-state index contributed by atoms with van der Waals surface area (Å²) in [5, 5.41) is 0. The number of ether oxygens (including phenoxy) is 2. The van der Waals surface area contributed by atoms with Gasteiger partial charge in [0, 0.05) is 6.54 Å². The van der Waals surface area contributed by atoms with Gasteiger partial charge in [-0.05, 0) is 36.1 Å². The molecule has 1 aromatic rings. The molecule has 20 heavy (non-hydrogen) atoms. The molecular formula is C15H20ClNO3. The van der Waals surface area contributed by atoms with Crippen molar-refractivity contribution in [1.82, 2.24) is 4.90 Å². The molecule has 1 aliphatic heterocycles. The molecular weight excluding hydrogens is 278 g/mol. The highest BCUT2D eigenvalue weighted by molar-refractivity contribution is 6.27. The van der Waals surface area contributed by atoms with Crippen LogP contribution in [0, 0.1) is 0 Å². The summed E-state index contributed by atoms with van der Waals surface area (Å²) in [7, 11) is 3.25. The molecule has 1 aromatic carbocycles. The molecule has 0 spiro atoms. The van der Waals surface area contributed by atoms with Gasteiger partial charge in [0.25, 0.3) is 0 Å². The van der Waals surface area contributed by atoms with Gasteiger partial charge in [-0.2, -0.15) is 0 Å². The summed E-state index contributed by atoms with van der Waals surface area (Å²) in [6, 6.07) is 4.06. The molecule has 1 aliphatic rings. The molecule has 5 heteroatoms. The Morgan fingerprint density at radius 3 is 2.55 bits per heavy atom. The third-order valence-corrected chi connectivity index (χ3v) is 4.05. The van der Waals surface area contributed by atoms with E-state index in [1.807, 2.05) is 17.0 Å². The smallest absolute Gasteiger partial charge is 0.238 e. The average Bonchev–Trinajstić information content (AvgIpc) is 2.51. The lowest BCUT2D eigenvalue weighted by atomic mass is 9.90. The second kappa shape index (κ2) is 6.35. The Morgan fingerprint density at radius 2 is 2.00 bits per heavy atom. The van der Waals surface area contributed by atoms with Crippen molar-refractivity contribution < 1.29 is 14.3 Å². The molecule has 2 rings (SSSR count). The van der Waals surface area contributed by atoms with E-state index in [1.165, 1.54) is 5.56 Å². The maximum Gasteiger partial charge on any atom is 0.238 e. The summed E-state index contributed by atoms with van der Waals surface area (Å²) in [5.41, 5.74) is 2.35. The van der Waals surface area contributed by atoms with Gasteiger partial charge in [-0.1, -0.05) is 6.92 Å². The average molecular weight is 298 g/mol. The summed E-state index contributed by atoms with van der Waals surface area (Å²) in [4.78, 5) is 13.8. The number of carbonyl (C=O) groups excluding carboxylic acids is 1. The Bertz CT molecular complexity index is 504. The minimum Gasteiger partial charge on any atom is -0.493 e. The van der Waals surface area contributed by atoms with Crippen molar-refractivity contribution in [3.05, 3.63) is 23.3 Å². The maximum absolute atomic E-state index is 12.0. The first-order chi connectivity index (χ1) is 9.65. The van der Waals surface area contributed by atoms with Crippen molar-refractivity contribution in [2.24, 2.45) is 0 Å². The molecule has 0 saturated heterocycles. The molecule has 1 atom stereocenters. The topological polar surface area (TPSA) is 38.8 Å². The molecule has 110 valence electrons. The fourth-order valence-corrected chi connectivity index (χ4v) is 3.00. The minimum atomic E-state index is -0.0149. The van der Waals surface area contributed by atoms with E-state index in [4.69, 9.17) is 21.1 Å². The van der Waals surface area contributed by atoms with Crippen LogP contribution in [0.5, 0.6) is 11.5 Å². The maximum atomic E-state index is 12.0. The Balaban J connectivity index is 2.45. The molecule has 0 fully saturated rings. The fraction of sp³-hybridized carbons (Fsp3) is 0.533. The number of nitrogens with zero attached hydrogens (tertiary/aromatic N) is 1. The van der Waals surface area contributed by atoms with Gasteiger partial charge in [0.05, 0.1) is 20.3 Å². The SMILES string of the molecule is CCC1c2cc(OC)c(OC)cc2CCN1C(=O)CCl. The zero-order valence-electron chi connectivity index (χ0n) is 12.1. The Labute approximate surface area is 124 Å². The molecule has 0 bridgehead atoms. The van der Waals surface area contributed by atoms with Crippen LogP contribution in [0.25, 0.3) is 0 Å². The first-order valence-corrected chi connectivity index (χ1v) is 7.29. The predicted molar refractivity (Wildman–Crippen MR) is 78.7 cm³/mol. The molecule has 1 heterocycles. The molecule has 0 saturated carbocycles. The van der Waals surface area contributed by atoms with Crippen LogP contribution in [0.1, 0.15) is 30.5 Å². The van der Waals surface area contributed by atoms with Gasteiger partial charge >= 0.3 is 0 Å². The Morgan fingerprint density at radius 1 is 1.35 bits per heavy atom. The molecule has 0 radical (unpaired) electrons. The number of benzene rings is 1. The lowest BCUT2D eigenvalue weighted by Crippen LogP contribution is -2.40. The number of rotatable bonds is 4. The van der Waals surface area contributed by atoms with Crippen molar-refractivity contribution in [1.29, 1.82) is 0 Å². The number of alkyl halides is 1. The summed E-state index contributed by atoms with van der Waals surface area (Å²) in [5.74, 6) is 1.45. The predicted octanol–water partition coefficient (Wildman–Crippen LogP) is 2.78. The lowest BCUT2D eigenvalue weighted by Gasteiger charge is -2.37. The zero-order chi connectivity index (χ0) is 14.7. The number of halogens is 1. The van der Waals surface area contributed by atoms with E-state index in [2.05, 4.69) is 6.92 Å². The van der Waals surface area contributed by atoms with Crippen LogP contribution in [0.3, 0.4) is 0 Å². The van der Waals surface area contributed by atoms with Crippen LogP contribution < -0.4 is 9.47 Å². The van der Waals surface area contributed by atoms with E-state index in [9.17, 15) is 4.79 Å². The first kappa shape index (κ1) is 15.0. The van der Waals surface area contributed by atoms with Gasteiger partial charge in [-0.3, -0.25) is 4.79 Å². The van der Waals surface area contributed by atoms with E-state index in [-0.39, 0.29) is 17.8 Å². The fourth-order valence-electron chi connectivity index (χ4n) is 2.84. The van der Waals surface area contributed by atoms with Gasteiger partial charge in [-0.25, -0.2) is 0 Å². The second-order valence-electron chi connectivity index (χ2n) is 4.80. The van der Waals surface area contributed by atoms with E-state index in [1.54, 1.807) is 14.2 Å². The van der Waals surface area contributed by atoms with Crippen LogP contribution in [0.4, 0.5) is 0 Å². The number of hydrogen-bond donors (Lipinski definition) is 0. The highest BCUT2D eigenvalue weighted by Gasteiger charge is 2.30. The molecule has 0 aromatic heterocycles. The summed E-state index contributed by atoms with van der Waals surface area (Å²) in [6.45, 7) is 2.78. The second-order valence-corrected chi connectivity index (χ2v) is 5.07. The quantitative estimate of drug-likeness (QED) is 0.802. The molecule has 1 unspecified atom stereocenters. The van der Waals surface area contributed by atoms with Crippen molar-refractivity contribution in [3.8, 4) is 11.5 Å². The third kappa shape index (κ3) is 2.57. The number of hydrogen-bond acceptors (Lipinski definition) is 3. The number of carbonyl (C=O) groups is 1. The van der Waals surface area contributed by atoms with Crippen molar-refractivity contribution in [2.75, 3.05) is 26.6 Å². The van der Waals surface area contributed by atoms with Crippen LogP contribution in [0.2, 0.25) is 0 Å². The van der Waals surface area contributed by atoms with Crippen molar-refractivity contribution in [2.45, 2.75) is 25.8 Å². The Kier molecular flexibility index (Phi) is 4.76. The largest absolute Gasteiger partial charge is 0.493 e. The summed E-state index contributed by atoms with van der Waals surface area (Å²) in [6.07, 6.45) is 1.67. The third-order valence-electron chi connectivity index (χ3n) is 3.82. The summed E-state index contributed by atoms with van der Waals surface area (Å²) >= 11 is 5.71. The van der Waals surface area contributed by atoms with Crippen molar-refractivity contribution in [3.63, 3.8) is 0 Å². The van der Waals surface area contributed by atoms with E-state index in [0.29, 0.717) is 12.3 Å². The zero-order valence-corrected chi connectivity index (χ0v) is 12.9. The molecule has 0 N–H and O–H groups in total. The Hall–Kier alpha value is -1.42. The molecule has 4 nitrogen and oxygen atoms in total. The van der Waals surface area contributed by atoms with E-state index >= 15 is 0 Å². The van der Waals surface area contributed by atoms with Crippen LogP contribution in [-0.4, -0.2) is 37.5 Å². The highest BCUT2D eigenvalue weighted by Crippen LogP contribution is 2.39. The summed E-state index contributed by atoms with van der Waals surface area (Å²) < 4.78 is 10.7. The first-order valence-electron chi connectivity index (χ1n) is 6.76. The van der Waals surface area contributed by atoms with Gasteiger partial charge in [-0.15, -0.1) is 11.6 Å². The van der Waals surface area contributed by atoms with Gasteiger partial charge < -0.3 is 14.4 Å². The van der Waals surface area contributed by atoms with Gasteiger partial charge in [0.2, 0.25) is 5.91 Å². The van der Waals surface area contributed by atoms with E-state index in [0.717, 1.165) is 24.2 Å². The molecule has 0 aliphatic carbocycles. The number of methoxy groups -OCH3 is 2. The van der Waals surface area contributed by atoms with E-state index < -0.39 is 0 Å². The van der Waals surface area contributed by atoms with Crippen LogP contribution in [0.15, 0.2) is 12.1 Å². The standard InChI is InChI=1S/C15H20ClNO3/c1-4-12-11-8-14(20-3)13(19-2)7-10(11)5-6-17(12)15(18)9-16/h7-8,12H,4-6,9H2,1-3H3. The normalized spacial score (nSPS) is 17.6.